The number of hydrogen-bond acceptors (Lipinski definition) is 6. The number of ether oxygens (including phenoxy) is 1. The van der Waals surface area contributed by atoms with Crippen LogP contribution in [-0.2, 0) is 10.9 Å². The first-order valence-corrected chi connectivity index (χ1v) is 8.93. The molecule has 31 heavy (non-hydrogen) atoms. The molecule has 0 aliphatic heterocycles. The van der Waals surface area contributed by atoms with Crippen LogP contribution in [0.15, 0.2) is 42.6 Å². The molecule has 3 aromatic rings. The summed E-state index contributed by atoms with van der Waals surface area (Å²) in [5.74, 6) is -0.612. The average Bonchev–Trinajstić information content (AvgIpc) is 3.08. The molecular formula is C21H18F3N5O2. The number of anilines is 2. The zero-order chi connectivity index (χ0) is 22.9. The van der Waals surface area contributed by atoms with E-state index in [9.17, 15) is 23.2 Å². The number of hydrogen-bond donors (Lipinski definition) is 1. The second-order valence-electron chi connectivity index (χ2n) is 6.82. The summed E-state index contributed by atoms with van der Waals surface area (Å²) in [7, 11) is 4.37. The van der Waals surface area contributed by atoms with Gasteiger partial charge in [0.25, 0.3) is 0 Å². The van der Waals surface area contributed by atoms with E-state index in [-0.39, 0.29) is 28.5 Å². The molecule has 0 saturated carbocycles. The van der Waals surface area contributed by atoms with Crippen LogP contribution in [0.3, 0.4) is 0 Å². The van der Waals surface area contributed by atoms with E-state index < -0.39 is 17.7 Å². The van der Waals surface area contributed by atoms with Crippen molar-refractivity contribution in [1.29, 1.82) is 5.26 Å². The third kappa shape index (κ3) is 4.16. The summed E-state index contributed by atoms with van der Waals surface area (Å²) in [6, 6.07) is 10.2. The zero-order valence-electron chi connectivity index (χ0n) is 16.9. The van der Waals surface area contributed by atoms with Crippen LogP contribution < -0.4 is 10.6 Å². The molecule has 0 fully saturated rings. The Morgan fingerprint density at radius 3 is 2.55 bits per heavy atom. The molecule has 0 bridgehead atoms. The molecule has 0 atom stereocenters. The van der Waals surface area contributed by atoms with Crippen LogP contribution >= 0.6 is 0 Å². The molecule has 0 saturated heterocycles. The van der Waals surface area contributed by atoms with Crippen LogP contribution in [0.25, 0.3) is 16.9 Å². The smallest absolute Gasteiger partial charge is 0.416 e. The number of nitriles is 1. The fourth-order valence-corrected chi connectivity index (χ4v) is 2.99. The van der Waals surface area contributed by atoms with Crippen LogP contribution in [-0.4, -0.2) is 36.7 Å². The van der Waals surface area contributed by atoms with Crippen molar-refractivity contribution in [3.63, 3.8) is 0 Å². The SMILES string of the molecule is COC(=O)c1c(N)c(C#N)cn1-c1cccc(-c2cc(C(F)(F)F)cc(N(C)C)n2)c1. The molecule has 160 valence electrons. The third-order valence-electron chi connectivity index (χ3n) is 4.56. The van der Waals surface area contributed by atoms with Crippen LogP contribution in [0, 0.1) is 11.3 Å². The minimum Gasteiger partial charge on any atom is -0.464 e. The number of alkyl halides is 3. The highest BCUT2D eigenvalue weighted by Gasteiger charge is 2.32. The van der Waals surface area contributed by atoms with Gasteiger partial charge in [-0.15, -0.1) is 0 Å². The minimum atomic E-state index is -4.55. The van der Waals surface area contributed by atoms with Gasteiger partial charge in [0.1, 0.15) is 11.9 Å². The number of nitrogen functional groups attached to an aromatic ring is 1. The Bertz CT molecular complexity index is 1190. The first kappa shape index (κ1) is 21.7. The van der Waals surface area contributed by atoms with E-state index >= 15 is 0 Å². The maximum atomic E-state index is 13.4. The summed E-state index contributed by atoms with van der Waals surface area (Å²) >= 11 is 0. The van der Waals surface area contributed by atoms with Gasteiger partial charge in [-0.3, -0.25) is 0 Å². The monoisotopic (exact) mass is 429 g/mol. The quantitative estimate of drug-likeness (QED) is 0.633. The second kappa shape index (κ2) is 8.02. The predicted molar refractivity (Wildman–Crippen MR) is 109 cm³/mol. The topological polar surface area (TPSA) is 97.2 Å². The van der Waals surface area contributed by atoms with Gasteiger partial charge < -0.3 is 19.9 Å². The molecule has 0 amide bonds. The molecular weight excluding hydrogens is 411 g/mol. The molecule has 0 spiro atoms. The van der Waals surface area contributed by atoms with E-state index in [2.05, 4.69) is 4.98 Å². The molecule has 2 N–H and O–H groups in total. The van der Waals surface area contributed by atoms with Crippen LogP contribution in [0.2, 0.25) is 0 Å². The Balaban J connectivity index is 2.20. The first-order valence-electron chi connectivity index (χ1n) is 8.93. The number of halogens is 3. The molecule has 0 radical (unpaired) electrons. The molecule has 2 aromatic heterocycles. The highest BCUT2D eigenvalue weighted by atomic mass is 19.4. The summed E-state index contributed by atoms with van der Waals surface area (Å²) < 4.78 is 46.3. The van der Waals surface area contributed by atoms with Gasteiger partial charge in [-0.2, -0.15) is 18.4 Å². The second-order valence-corrected chi connectivity index (χ2v) is 6.82. The van der Waals surface area contributed by atoms with Crippen molar-refractivity contribution in [1.82, 2.24) is 9.55 Å². The van der Waals surface area contributed by atoms with Crippen LogP contribution in [0.4, 0.5) is 24.7 Å². The van der Waals surface area contributed by atoms with Crippen molar-refractivity contribution in [3.05, 3.63) is 59.4 Å². The van der Waals surface area contributed by atoms with Crippen molar-refractivity contribution in [3.8, 4) is 23.0 Å². The van der Waals surface area contributed by atoms with E-state index in [1.807, 2.05) is 6.07 Å². The molecule has 10 heteroatoms. The van der Waals surface area contributed by atoms with Gasteiger partial charge in [-0.25, -0.2) is 9.78 Å². The maximum Gasteiger partial charge on any atom is 0.416 e. The Morgan fingerprint density at radius 1 is 1.26 bits per heavy atom. The summed E-state index contributed by atoms with van der Waals surface area (Å²) in [5, 5.41) is 9.26. The van der Waals surface area contributed by atoms with Crippen molar-refractivity contribution in [2.24, 2.45) is 0 Å². The van der Waals surface area contributed by atoms with Gasteiger partial charge in [0.15, 0.2) is 5.69 Å². The Hall–Kier alpha value is -4.00. The standard InChI is InChI=1S/C21H18F3N5O2/c1-28(2)17-9-14(21(22,23)24)8-16(27-17)12-5-4-6-15(7-12)29-11-13(10-25)18(26)19(29)20(30)31-3/h4-9,11H,26H2,1-3H3. The first-order chi connectivity index (χ1) is 14.6. The Kier molecular flexibility index (Phi) is 5.62. The number of carbonyl (C=O) groups excluding carboxylic acids is 1. The number of rotatable bonds is 4. The number of carbonyl (C=O) groups is 1. The van der Waals surface area contributed by atoms with Crippen LogP contribution in [0.1, 0.15) is 21.6 Å². The predicted octanol–water partition coefficient (Wildman–Crippen LogP) is 3.86. The number of pyridine rings is 1. The van der Waals surface area contributed by atoms with Crippen molar-refractivity contribution >= 4 is 17.5 Å². The molecule has 3 rings (SSSR count). The van der Waals surface area contributed by atoms with Crippen molar-refractivity contribution in [2.75, 3.05) is 31.8 Å². The lowest BCUT2D eigenvalue weighted by Crippen LogP contribution is -2.14. The van der Waals surface area contributed by atoms with E-state index in [1.165, 1.54) is 22.8 Å². The Labute approximate surface area is 176 Å². The van der Waals surface area contributed by atoms with Crippen molar-refractivity contribution < 1.29 is 22.7 Å². The maximum absolute atomic E-state index is 13.4. The van der Waals surface area contributed by atoms with E-state index in [0.717, 1.165) is 12.1 Å². The van der Waals surface area contributed by atoms with Gasteiger partial charge in [0, 0.05) is 31.5 Å². The zero-order valence-corrected chi connectivity index (χ0v) is 16.9. The summed E-state index contributed by atoms with van der Waals surface area (Å²) in [6.07, 6.45) is -3.18. The fraction of sp³-hybridized carbons (Fsp3) is 0.190. The normalized spacial score (nSPS) is 11.1. The lowest BCUT2D eigenvalue weighted by Gasteiger charge is -2.17. The van der Waals surface area contributed by atoms with E-state index in [0.29, 0.717) is 11.3 Å². The van der Waals surface area contributed by atoms with Gasteiger partial charge in [0.05, 0.1) is 29.6 Å². The number of aromatic nitrogens is 2. The largest absolute Gasteiger partial charge is 0.464 e. The van der Waals surface area contributed by atoms with E-state index in [1.54, 1.807) is 38.4 Å². The minimum absolute atomic E-state index is 0.0492. The highest BCUT2D eigenvalue weighted by molar-refractivity contribution is 5.96. The molecule has 1 aromatic carbocycles. The van der Waals surface area contributed by atoms with Crippen molar-refractivity contribution in [2.45, 2.75) is 6.18 Å². The third-order valence-corrected chi connectivity index (χ3v) is 4.56. The van der Waals surface area contributed by atoms with Gasteiger partial charge >= 0.3 is 12.1 Å². The lowest BCUT2D eigenvalue weighted by atomic mass is 10.1. The average molecular weight is 429 g/mol. The summed E-state index contributed by atoms with van der Waals surface area (Å²) in [4.78, 5) is 18.0. The van der Waals surface area contributed by atoms with Crippen LogP contribution in [0.5, 0.6) is 0 Å². The molecule has 0 unspecified atom stereocenters. The van der Waals surface area contributed by atoms with E-state index in [4.69, 9.17) is 10.5 Å². The molecule has 2 heterocycles. The summed E-state index contributed by atoms with van der Waals surface area (Å²) in [5.41, 5.74) is 5.92. The summed E-state index contributed by atoms with van der Waals surface area (Å²) in [6.45, 7) is 0. The molecule has 0 aliphatic carbocycles. The lowest BCUT2D eigenvalue weighted by molar-refractivity contribution is -0.137. The molecule has 0 aliphatic rings. The van der Waals surface area contributed by atoms with Gasteiger partial charge in [-0.05, 0) is 24.3 Å². The van der Waals surface area contributed by atoms with Gasteiger partial charge in [0.2, 0.25) is 0 Å². The number of benzene rings is 1. The molecule has 7 nitrogen and oxygen atoms in total. The number of methoxy groups -OCH3 is 1. The Morgan fingerprint density at radius 2 is 1.97 bits per heavy atom. The number of nitrogens with two attached hydrogens (primary N) is 1. The number of esters is 1. The highest BCUT2D eigenvalue weighted by Crippen LogP contribution is 2.34. The number of nitrogens with zero attached hydrogens (tertiary/aromatic N) is 4. The fourth-order valence-electron chi connectivity index (χ4n) is 2.99. The van der Waals surface area contributed by atoms with Gasteiger partial charge in [-0.1, -0.05) is 12.1 Å².